The Balaban J connectivity index is 3.06. The molecule has 0 atom stereocenters. The fourth-order valence-corrected chi connectivity index (χ4v) is 1.60. The number of alkyl halides is 3. The number of benzene rings is 1. The van der Waals surface area contributed by atoms with Gasteiger partial charge in [0.2, 0.25) is 0 Å². The normalized spacial score (nSPS) is 12.5. The van der Waals surface area contributed by atoms with Gasteiger partial charge < -0.3 is 5.73 Å². The first-order valence-corrected chi connectivity index (χ1v) is 5.63. The Morgan fingerprint density at radius 3 is 2.31 bits per heavy atom. The Kier molecular flexibility index (Phi) is 3.44. The van der Waals surface area contributed by atoms with E-state index in [1.807, 2.05) is 0 Å². The first-order chi connectivity index (χ1) is 7.28. The Labute approximate surface area is 90.3 Å². The van der Waals surface area contributed by atoms with Crippen LogP contribution in [0, 0.1) is 0 Å². The molecule has 1 rings (SSSR count). The molecule has 16 heavy (non-hydrogen) atoms. The predicted octanol–water partition coefficient (Wildman–Crippen LogP) is 1.41. The number of hydrogen-bond acceptors (Lipinski definition) is 3. The highest BCUT2D eigenvalue weighted by Crippen LogP contribution is 2.26. The smallest absolute Gasteiger partial charge is 0.326 e. The van der Waals surface area contributed by atoms with Crippen LogP contribution >= 0.6 is 0 Å². The summed E-state index contributed by atoms with van der Waals surface area (Å²) in [5, 5.41) is 0. The fourth-order valence-electron chi connectivity index (χ4n) is 1.00. The van der Waals surface area contributed by atoms with Crippen LogP contribution in [-0.4, -0.2) is 13.9 Å². The number of hydrogen-bond donors (Lipinski definition) is 2. The summed E-state index contributed by atoms with van der Waals surface area (Å²) in [5.41, 5.74) is 0.0467. The minimum Gasteiger partial charge on any atom is -0.326 e. The van der Waals surface area contributed by atoms with E-state index in [0.717, 1.165) is 0 Å². The monoisotopic (exact) mass is 254 g/mol. The third-order valence-electron chi connectivity index (χ3n) is 1.79. The first-order valence-electron chi connectivity index (χ1n) is 4.15. The lowest BCUT2D eigenvalue weighted by atomic mass is 10.2. The number of nitrogens with one attached hydrogen (secondary N) is 1. The molecule has 0 aliphatic carbocycles. The third kappa shape index (κ3) is 2.64. The average molecular weight is 254 g/mol. The molecular weight excluding hydrogens is 245 g/mol. The van der Waals surface area contributed by atoms with Crippen molar-refractivity contribution in [3.05, 3.63) is 29.8 Å². The quantitative estimate of drug-likeness (QED) is 0.856. The van der Waals surface area contributed by atoms with Crippen molar-refractivity contribution in [2.75, 3.05) is 4.72 Å². The van der Waals surface area contributed by atoms with E-state index < -0.39 is 15.5 Å². The van der Waals surface area contributed by atoms with E-state index in [4.69, 9.17) is 5.73 Å². The van der Waals surface area contributed by atoms with Crippen molar-refractivity contribution in [1.29, 1.82) is 0 Å². The van der Waals surface area contributed by atoms with E-state index in [1.165, 1.54) is 22.9 Å². The largest absolute Gasteiger partial charge is 0.516 e. The average Bonchev–Trinajstić information content (AvgIpc) is 2.16. The Hall–Kier alpha value is -1.28. The summed E-state index contributed by atoms with van der Waals surface area (Å²) in [5.74, 6) is 0. The number of halogens is 3. The van der Waals surface area contributed by atoms with Crippen molar-refractivity contribution < 1.29 is 21.6 Å². The van der Waals surface area contributed by atoms with Crippen molar-refractivity contribution in [3.8, 4) is 0 Å². The van der Waals surface area contributed by atoms with Gasteiger partial charge in [0.15, 0.2) is 0 Å². The zero-order valence-electron chi connectivity index (χ0n) is 7.95. The van der Waals surface area contributed by atoms with Crippen LogP contribution in [0.25, 0.3) is 0 Å². The van der Waals surface area contributed by atoms with Crippen molar-refractivity contribution in [3.63, 3.8) is 0 Å². The Morgan fingerprint density at radius 1 is 1.25 bits per heavy atom. The van der Waals surface area contributed by atoms with Crippen LogP contribution in [-0.2, 0) is 16.6 Å². The van der Waals surface area contributed by atoms with Gasteiger partial charge in [-0.2, -0.15) is 21.6 Å². The summed E-state index contributed by atoms with van der Waals surface area (Å²) in [6.45, 7) is -0.0590. The zero-order chi connectivity index (χ0) is 12.4. The van der Waals surface area contributed by atoms with Crippen LogP contribution in [0.15, 0.2) is 24.3 Å². The molecule has 0 heterocycles. The number of para-hydroxylation sites is 1. The molecule has 90 valence electrons. The van der Waals surface area contributed by atoms with Crippen LogP contribution in [0.3, 0.4) is 0 Å². The lowest BCUT2D eigenvalue weighted by Crippen LogP contribution is -2.30. The summed E-state index contributed by atoms with van der Waals surface area (Å²) >= 11 is 0. The topological polar surface area (TPSA) is 72.2 Å². The molecular formula is C8H9F3N2O2S. The van der Waals surface area contributed by atoms with Crippen molar-refractivity contribution in [1.82, 2.24) is 0 Å². The fraction of sp³-hybridized carbons (Fsp3) is 0.250. The Bertz CT molecular complexity index is 470. The predicted molar refractivity (Wildman–Crippen MR) is 52.9 cm³/mol. The second-order valence-corrected chi connectivity index (χ2v) is 4.59. The van der Waals surface area contributed by atoms with Crippen LogP contribution < -0.4 is 10.5 Å². The van der Waals surface area contributed by atoms with Crippen molar-refractivity contribution in [2.24, 2.45) is 5.73 Å². The molecule has 8 heteroatoms. The van der Waals surface area contributed by atoms with Gasteiger partial charge in [0.25, 0.3) is 0 Å². The second-order valence-electron chi connectivity index (χ2n) is 2.91. The van der Waals surface area contributed by atoms with E-state index in [-0.39, 0.29) is 17.8 Å². The summed E-state index contributed by atoms with van der Waals surface area (Å²) < 4.78 is 59.3. The molecule has 3 N–H and O–H groups in total. The zero-order valence-corrected chi connectivity index (χ0v) is 8.77. The maximum Gasteiger partial charge on any atom is 0.516 e. The third-order valence-corrected chi connectivity index (χ3v) is 2.88. The summed E-state index contributed by atoms with van der Waals surface area (Å²) in [4.78, 5) is 0. The van der Waals surface area contributed by atoms with E-state index in [2.05, 4.69) is 0 Å². The van der Waals surface area contributed by atoms with Gasteiger partial charge in [0, 0.05) is 6.54 Å². The molecule has 0 amide bonds. The molecule has 0 aromatic heterocycles. The van der Waals surface area contributed by atoms with Gasteiger partial charge in [-0.3, -0.25) is 4.72 Å². The van der Waals surface area contributed by atoms with Crippen molar-refractivity contribution >= 4 is 15.7 Å². The lowest BCUT2D eigenvalue weighted by molar-refractivity contribution is -0.0429. The lowest BCUT2D eigenvalue weighted by Gasteiger charge is -2.12. The van der Waals surface area contributed by atoms with E-state index >= 15 is 0 Å². The molecule has 0 bridgehead atoms. The van der Waals surface area contributed by atoms with Gasteiger partial charge in [-0.25, -0.2) is 0 Å². The second kappa shape index (κ2) is 4.30. The number of nitrogens with two attached hydrogens (primary N) is 1. The van der Waals surface area contributed by atoms with Gasteiger partial charge in [-0.15, -0.1) is 0 Å². The minimum absolute atomic E-state index is 0.0590. The molecule has 0 fully saturated rings. The van der Waals surface area contributed by atoms with Gasteiger partial charge in [0.1, 0.15) is 0 Å². The molecule has 4 nitrogen and oxygen atoms in total. The molecule has 0 radical (unpaired) electrons. The number of rotatable bonds is 3. The standard InChI is InChI=1S/C8H9F3N2O2S/c9-8(10,11)16(14,15)13-7-4-2-1-3-6(7)5-12/h1-4,13H,5,12H2. The van der Waals surface area contributed by atoms with Gasteiger partial charge in [0.05, 0.1) is 5.69 Å². The summed E-state index contributed by atoms with van der Waals surface area (Å²) in [6, 6.07) is 5.61. The molecule has 0 aliphatic heterocycles. The maximum atomic E-state index is 12.1. The highest BCUT2D eigenvalue weighted by Gasteiger charge is 2.46. The molecule has 0 aliphatic rings. The highest BCUT2D eigenvalue weighted by atomic mass is 32.2. The van der Waals surface area contributed by atoms with Crippen LogP contribution in [0.4, 0.5) is 18.9 Å². The number of sulfonamides is 1. The molecule has 0 saturated heterocycles. The van der Waals surface area contributed by atoms with Gasteiger partial charge in [-0.1, -0.05) is 18.2 Å². The summed E-state index contributed by atoms with van der Waals surface area (Å²) in [6.07, 6.45) is 0. The van der Waals surface area contributed by atoms with E-state index in [9.17, 15) is 21.6 Å². The maximum absolute atomic E-state index is 12.1. The highest BCUT2D eigenvalue weighted by molar-refractivity contribution is 7.93. The summed E-state index contributed by atoms with van der Waals surface area (Å²) in [7, 11) is -5.39. The Morgan fingerprint density at radius 2 is 1.81 bits per heavy atom. The molecule has 0 spiro atoms. The van der Waals surface area contributed by atoms with E-state index in [0.29, 0.717) is 0 Å². The first kappa shape index (κ1) is 12.8. The van der Waals surface area contributed by atoms with Crippen LogP contribution in [0.2, 0.25) is 0 Å². The SMILES string of the molecule is NCc1ccccc1NS(=O)(=O)C(F)(F)F. The number of anilines is 1. The minimum atomic E-state index is -5.39. The van der Waals surface area contributed by atoms with Crippen molar-refractivity contribution in [2.45, 2.75) is 12.1 Å². The van der Waals surface area contributed by atoms with E-state index in [1.54, 1.807) is 6.07 Å². The van der Waals surface area contributed by atoms with Crippen LogP contribution in [0.1, 0.15) is 5.56 Å². The molecule has 0 unspecified atom stereocenters. The van der Waals surface area contributed by atoms with Crippen LogP contribution in [0.5, 0.6) is 0 Å². The van der Waals surface area contributed by atoms with Gasteiger partial charge >= 0.3 is 15.5 Å². The molecule has 1 aromatic carbocycles. The van der Waals surface area contributed by atoms with Gasteiger partial charge in [-0.05, 0) is 11.6 Å². The molecule has 1 aromatic rings. The molecule has 0 saturated carbocycles.